The number of piperazine rings is 1. The smallest absolute Gasteiger partial charge is 0.236 e. The SMILES string of the molecule is O=C(CN1Cc2cncnc2C1)N1CCC[C@@H](c2cccc(OCCN3CCC(CN4CCNCC4)CC3)c2)C1. The monoisotopic (exact) mass is 547 g/mol. The van der Waals surface area contributed by atoms with Crippen LogP contribution in [0.25, 0.3) is 0 Å². The molecule has 0 unspecified atom stereocenters. The highest BCUT2D eigenvalue weighted by Crippen LogP contribution is 2.30. The predicted molar refractivity (Wildman–Crippen MR) is 155 cm³/mol. The molecule has 1 N–H and O–H groups in total. The van der Waals surface area contributed by atoms with Crippen molar-refractivity contribution in [2.45, 2.75) is 44.7 Å². The maximum absolute atomic E-state index is 13.2. The van der Waals surface area contributed by atoms with E-state index in [0.717, 1.165) is 88.2 Å². The summed E-state index contributed by atoms with van der Waals surface area (Å²) >= 11 is 0. The lowest BCUT2D eigenvalue weighted by Gasteiger charge is -2.36. The van der Waals surface area contributed by atoms with Crippen LogP contribution in [0.1, 0.15) is 48.4 Å². The number of likely N-dealkylation sites (tertiary alicyclic amines) is 2. The molecule has 5 heterocycles. The van der Waals surface area contributed by atoms with Gasteiger partial charge in [-0.3, -0.25) is 14.6 Å². The van der Waals surface area contributed by atoms with Crippen LogP contribution in [-0.2, 0) is 17.9 Å². The Morgan fingerprint density at radius 1 is 1.00 bits per heavy atom. The number of benzene rings is 1. The maximum atomic E-state index is 13.2. The Kier molecular flexibility index (Phi) is 9.22. The molecule has 1 amide bonds. The molecule has 9 nitrogen and oxygen atoms in total. The van der Waals surface area contributed by atoms with Crippen molar-refractivity contribution in [1.29, 1.82) is 0 Å². The minimum absolute atomic E-state index is 0.217. The number of hydrogen-bond donors (Lipinski definition) is 1. The fraction of sp³-hybridized carbons (Fsp3) is 0.645. The van der Waals surface area contributed by atoms with Gasteiger partial charge >= 0.3 is 0 Å². The molecule has 4 aliphatic heterocycles. The van der Waals surface area contributed by atoms with Crippen LogP contribution >= 0.6 is 0 Å². The zero-order chi connectivity index (χ0) is 27.1. The van der Waals surface area contributed by atoms with Gasteiger partial charge in [-0.05, 0) is 62.4 Å². The van der Waals surface area contributed by atoms with Crippen LogP contribution in [0.2, 0.25) is 0 Å². The van der Waals surface area contributed by atoms with Crippen molar-refractivity contribution < 1.29 is 9.53 Å². The molecule has 40 heavy (non-hydrogen) atoms. The van der Waals surface area contributed by atoms with Crippen molar-refractivity contribution >= 4 is 5.91 Å². The Bertz CT molecular complexity index is 1090. The summed E-state index contributed by atoms with van der Waals surface area (Å²) in [7, 11) is 0. The van der Waals surface area contributed by atoms with Crippen molar-refractivity contribution in [3.63, 3.8) is 0 Å². The zero-order valence-corrected chi connectivity index (χ0v) is 23.8. The van der Waals surface area contributed by atoms with Crippen LogP contribution in [0.3, 0.4) is 0 Å². The highest BCUT2D eigenvalue weighted by molar-refractivity contribution is 5.78. The molecular weight excluding hydrogens is 502 g/mol. The molecule has 3 saturated heterocycles. The van der Waals surface area contributed by atoms with Crippen LogP contribution in [0.4, 0.5) is 0 Å². The van der Waals surface area contributed by atoms with E-state index in [9.17, 15) is 4.79 Å². The summed E-state index contributed by atoms with van der Waals surface area (Å²) in [5, 5.41) is 3.45. The minimum Gasteiger partial charge on any atom is -0.492 e. The van der Waals surface area contributed by atoms with Gasteiger partial charge in [-0.1, -0.05) is 12.1 Å². The summed E-state index contributed by atoms with van der Waals surface area (Å²) in [6, 6.07) is 8.58. The lowest BCUT2D eigenvalue weighted by atomic mass is 9.90. The normalized spacial score (nSPS) is 23.3. The Morgan fingerprint density at radius 3 is 2.73 bits per heavy atom. The number of ether oxygens (including phenoxy) is 1. The van der Waals surface area contributed by atoms with Gasteiger partial charge in [0.25, 0.3) is 0 Å². The molecule has 2 aromatic rings. The molecular formula is C31H45N7O2. The highest BCUT2D eigenvalue weighted by atomic mass is 16.5. The van der Waals surface area contributed by atoms with Crippen LogP contribution < -0.4 is 10.1 Å². The molecule has 3 fully saturated rings. The second-order valence-corrected chi connectivity index (χ2v) is 12.1. The van der Waals surface area contributed by atoms with Crippen LogP contribution in [-0.4, -0.2) is 114 Å². The fourth-order valence-corrected chi connectivity index (χ4v) is 6.85. The fourth-order valence-electron chi connectivity index (χ4n) is 6.85. The number of carbonyl (C=O) groups excluding carboxylic acids is 1. The Hall–Kier alpha value is -2.59. The Labute approximate surface area is 238 Å². The summed E-state index contributed by atoms with van der Waals surface area (Å²) in [4.78, 5) is 31.1. The van der Waals surface area contributed by atoms with Gasteiger partial charge in [0.2, 0.25) is 5.91 Å². The first-order chi connectivity index (χ1) is 19.7. The average Bonchev–Trinajstić information content (AvgIpc) is 3.41. The summed E-state index contributed by atoms with van der Waals surface area (Å²) in [5.74, 6) is 2.37. The molecule has 1 aromatic carbocycles. The standard InChI is InChI=1S/C31H45N7O2/c39-31(23-37-20-28-18-33-24-34-30(28)22-37)38-10-2-4-27(21-38)26-3-1-5-29(17-26)40-16-15-35-11-6-25(7-12-35)19-36-13-8-32-9-14-36/h1,3,5,17-18,24-25,27,32H,2,4,6-16,19-23H2/t27-/m1/s1. The Balaban J connectivity index is 0.929. The molecule has 0 spiro atoms. The number of aromatic nitrogens is 2. The lowest BCUT2D eigenvalue weighted by Crippen LogP contribution is -2.47. The van der Waals surface area contributed by atoms with Crippen LogP contribution in [0.5, 0.6) is 5.75 Å². The summed E-state index contributed by atoms with van der Waals surface area (Å²) in [6.45, 7) is 13.6. The second-order valence-electron chi connectivity index (χ2n) is 12.1. The summed E-state index contributed by atoms with van der Waals surface area (Å²) in [6.07, 6.45) is 8.22. The maximum Gasteiger partial charge on any atom is 0.236 e. The van der Waals surface area contributed by atoms with Crippen LogP contribution in [0, 0.1) is 5.92 Å². The summed E-state index contributed by atoms with van der Waals surface area (Å²) in [5.41, 5.74) is 3.47. The topological polar surface area (TPSA) is 77.1 Å². The molecule has 0 bridgehead atoms. The number of nitrogens with one attached hydrogen (secondary N) is 1. The van der Waals surface area contributed by atoms with Gasteiger partial charge in [-0.2, -0.15) is 0 Å². The zero-order valence-electron chi connectivity index (χ0n) is 23.8. The minimum atomic E-state index is 0.217. The van der Waals surface area contributed by atoms with Gasteiger partial charge in [-0.15, -0.1) is 0 Å². The molecule has 216 valence electrons. The third kappa shape index (κ3) is 7.18. The van der Waals surface area contributed by atoms with E-state index in [1.54, 1.807) is 6.33 Å². The van der Waals surface area contributed by atoms with E-state index < -0.39 is 0 Å². The van der Waals surface area contributed by atoms with E-state index in [0.29, 0.717) is 12.5 Å². The number of fused-ring (bicyclic) bond motifs is 1. The average molecular weight is 548 g/mol. The lowest BCUT2D eigenvalue weighted by molar-refractivity contribution is -0.133. The number of carbonyl (C=O) groups is 1. The van der Waals surface area contributed by atoms with Gasteiger partial charge in [-0.25, -0.2) is 9.97 Å². The molecule has 4 aliphatic rings. The third-order valence-corrected chi connectivity index (χ3v) is 9.22. The van der Waals surface area contributed by atoms with E-state index in [1.807, 2.05) is 6.20 Å². The number of hydrogen-bond acceptors (Lipinski definition) is 8. The van der Waals surface area contributed by atoms with E-state index in [4.69, 9.17) is 4.74 Å². The van der Waals surface area contributed by atoms with E-state index in [1.165, 1.54) is 51.1 Å². The van der Waals surface area contributed by atoms with Crippen molar-refractivity contribution in [2.75, 3.05) is 78.6 Å². The van der Waals surface area contributed by atoms with Gasteiger partial charge < -0.3 is 19.9 Å². The number of nitrogens with zero attached hydrogens (tertiary/aromatic N) is 6. The predicted octanol–water partition coefficient (Wildman–Crippen LogP) is 2.19. The van der Waals surface area contributed by atoms with Gasteiger partial charge in [0.1, 0.15) is 18.7 Å². The van der Waals surface area contributed by atoms with Crippen molar-refractivity contribution in [3.8, 4) is 5.75 Å². The van der Waals surface area contributed by atoms with Gasteiger partial charge in [0.05, 0.1) is 12.2 Å². The largest absolute Gasteiger partial charge is 0.492 e. The first-order valence-electron chi connectivity index (χ1n) is 15.4. The Morgan fingerprint density at radius 2 is 1.88 bits per heavy atom. The molecule has 6 rings (SSSR count). The van der Waals surface area contributed by atoms with Gasteiger partial charge in [0.15, 0.2) is 0 Å². The van der Waals surface area contributed by atoms with E-state index in [2.05, 4.69) is 59.1 Å². The second kappa shape index (κ2) is 13.4. The quantitative estimate of drug-likeness (QED) is 0.512. The van der Waals surface area contributed by atoms with Crippen molar-refractivity contribution in [3.05, 3.63) is 53.6 Å². The molecule has 0 saturated carbocycles. The molecule has 1 atom stereocenters. The molecule has 0 radical (unpaired) electrons. The summed E-state index contributed by atoms with van der Waals surface area (Å²) < 4.78 is 6.23. The molecule has 9 heteroatoms. The molecule has 1 aromatic heterocycles. The van der Waals surface area contributed by atoms with E-state index in [-0.39, 0.29) is 5.91 Å². The molecule has 0 aliphatic carbocycles. The number of amides is 1. The first kappa shape index (κ1) is 27.6. The third-order valence-electron chi connectivity index (χ3n) is 9.22. The van der Waals surface area contributed by atoms with E-state index >= 15 is 0 Å². The first-order valence-corrected chi connectivity index (χ1v) is 15.4. The van der Waals surface area contributed by atoms with Gasteiger partial charge in [0, 0.05) is 83.1 Å². The van der Waals surface area contributed by atoms with Crippen molar-refractivity contribution in [2.24, 2.45) is 5.92 Å². The highest BCUT2D eigenvalue weighted by Gasteiger charge is 2.28. The number of piperidine rings is 2. The van der Waals surface area contributed by atoms with Crippen LogP contribution in [0.15, 0.2) is 36.8 Å². The van der Waals surface area contributed by atoms with Crippen molar-refractivity contribution in [1.82, 2.24) is 34.9 Å². The number of rotatable bonds is 9.